The van der Waals surface area contributed by atoms with E-state index in [9.17, 15) is 9.18 Å². The van der Waals surface area contributed by atoms with Gasteiger partial charge in [0.15, 0.2) is 5.13 Å². The second-order valence-corrected chi connectivity index (χ2v) is 7.62. The molecule has 7 heteroatoms. The molecule has 3 N–H and O–H groups in total. The van der Waals surface area contributed by atoms with E-state index in [0.29, 0.717) is 17.1 Å². The van der Waals surface area contributed by atoms with E-state index in [2.05, 4.69) is 10.3 Å². The largest absolute Gasteiger partial charge is 0.328 e. The monoisotopic (exact) mass is 383 g/mol. The molecule has 1 aliphatic rings. The Bertz CT molecular complexity index is 737. The number of hydrogen-bond acceptors (Lipinski definition) is 4. The fourth-order valence-corrected chi connectivity index (χ4v) is 3.92. The average molecular weight is 384 g/mol. The first-order valence-electron chi connectivity index (χ1n) is 8.27. The maximum absolute atomic E-state index is 13.6. The number of nitrogens with zero attached hydrogens (tertiary/aromatic N) is 1. The molecule has 0 radical (unpaired) electrons. The van der Waals surface area contributed by atoms with Crippen molar-refractivity contribution in [2.75, 3.05) is 5.32 Å². The van der Waals surface area contributed by atoms with E-state index in [1.54, 1.807) is 25.3 Å². The van der Waals surface area contributed by atoms with Crippen molar-refractivity contribution in [2.24, 2.45) is 11.7 Å². The molecule has 25 heavy (non-hydrogen) atoms. The van der Waals surface area contributed by atoms with Gasteiger partial charge in [-0.15, -0.1) is 23.7 Å². The highest BCUT2D eigenvalue weighted by Gasteiger charge is 2.25. The molecule has 2 unspecified atom stereocenters. The zero-order chi connectivity index (χ0) is 17.1. The number of benzene rings is 1. The summed E-state index contributed by atoms with van der Waals surface area (Å²) in [5.41, 5.74) is 7.49. The van der Waals surface area contributed by atoms with Crippen molar-refractivity contribution in [3.05, 3.63) is 46.2 Å². The Morgan fingerprint density at radius 1 is 1.44 bits per heavy atom. The van der Waals surface area contributed by atoms with Crippen LogP contribution in [0.25, 0.3) is 0 Å². The lowest BCUT2D eigenvalue weighted by molar-refractivity contribution is -0.120. The Labute approximate surface area is 157 Å². The number of nitrogens with one attached hydrogen (secondary N) is 1. The van der Waals surface area contributed by atoms with Gasteiger partial charge in [0.25, 0.3) is 0 Å². The van der Waals surface area contributed by atoms with Crippen molar-refractivity contribution in [1.82, 2.24) is 4.98 Å². The smallest absolute Gasteiger partial charge is 0.229 e. The molecule has 0 spiro atoms. The lowest BCUT2D eigenvalue weighted by atomic mass is 9.86. The van der Waals surface area contributed by atoms with E-state index in [-0.39, 0.29) is 36.1 Å². The highest BCUT2D eigenvalue weighted by Crippen LogP contribution is 2.26. The molecule has 2 atom stereocenters. The van der Waals surface area contributed by atoms with Gasteiger partial charge in [0.05, 0.1) is 0 Å². The van der Waals surface area contributed by atoms with E-state index in [1.165, 1.54) is 11.3 Å². The van der Waals surface area contributed by atoms with Crippen molar-refractivity contribution in [1.29, 1.82) is 0 Å². The molecule has 0 saturated heterocycles. The summed E-state index contributed by atoms with van der Waals surface area (Å²) in [7, 11) is 0. The van der Waals surface area contributed by atoms with Crippen LogP contribution in [-0.4, -0.2) is 16.9 Å². The van der Waals surface area contributed by atoms with Crippen LogP contribution >= 0.6 is 23.7 Å². The number of halogens is 2. The normalized spacial score (nSPS) is 20.0. The lowest BCUT2D eigenvalue weighted by Crippen LogP contribution is -2.34. The predicted molar refractivity (Wildman–Crippen MR) is 102 cm³/mol. The van der Waals surface area contributed by atoms with Gasteiger partial charge in [-0.3, -0.25) is 4.79 Å². The van der Waals surface area contributed by atoms with Gasteiger partial charge in [-0.2, -0.15) is 0 Å². The van der Waals surface area contributed by atoms with Gasteiger partial charge in [-0.1, -0.05) is 18.6 Å². The van der Waals surface area contributed by atoms with E-state index < -0.39 is 0 Å². The number of rotatable bonds is 4. The van der Waals surface area contributed by atoms with Gasteiger partial charge in [0.2, 0.25) is 5.91 Å². The van der Waals surface area contributed by atoms with Crippen LogP contribution in [0.5, 0.6) is 0 Å². The summed E-state index contributed by atoms with van der Waals surface area (Å²) in [5.74, 6) is -0.209. The second-order valence-electron chi connectivity index (χ2n) is 6.50. The number of aromatic nitrogens is 1. The molecule has 1 aromatic carbocycles. The second kappa shape index (κ2) is 8.74. The molecule has 3 rings (SSSR count). The number of carbonyl (C=O) groups excluding carboxylic acids is 1. The maximum atomic E-state index is 13.6. The van der Waals surface area contributed by atoms with Gasteiger partial charge >= 0.3 is 0 Å². The molecule has 4 nitrogen and oxygen atoms in total. The van der Waals surface area contributed by atoms with Crippen LogP contribution < -0.4 is 11.1 Å². The van der Waals surface area contributed by atoms with E-state index in [1.807, 2.05) is 6.07 Å². The first kappa shape index (κ1) is 19.8. The van der Waals surface area contributed by atoms with Crippen LogP contribution in [0.3, 0.4) is 0 Å². The molecule has 136 valence electrons. The Hall–Kier alpha value is -1.50. The fraction of sp³-hybridized carbons (Fsp3) is 0.444. The molecule has 1 aliphatic carbocycles. The molecule has 1 heterocycles. The fourth-order valence-electron chi connectivity index (χ4n) is 3.07. The average Bonchev–Trinajstić information content (AvgIpc) is 2.98. The van der Waals surface area contributed by atoms with E-state index in [0.717, 1.165) is 36.1 Å². The molecule has 0 bridgehead atoms. The summed E-state index contributed by atoms with van der Waals surface area (Å²) >= 11 is 1.43. The van der Waals surface area contributed by atoms with E-state index >= 15 is 0 Å². The zero-order valence-corrected chi connectivity index (χ0v) is 15.8. The number of amides is 1. The summed E-state index contributed by atoms with van der Waals surface area (Å²) in [4.78, 5) is 17.6. The quantitative estimate of drug-likeness (QED) is 0.836. The van der Waals surface area contributed by atoms with Crippen molar-refractivity contribution >= 4 is 34.8 Å². The molecule has 1 amide bonds. The third kappa shape index (κ3) is 5.23. The van der Waals surface area contributed by atoms with Crippen LogP contribution in [0.4, 0.5) is 9.52 Å². The Morgan fingerprint density at radius 2 is 2.24 bits per heavy atom. The standard InChI is InChI=1S/C18H22FN3OS.ClH/c1-11-5-6-12(8-16(11)19)7-15-10-21-18(24-15)22-17(23)13-3-2-4-14(20)9-13;/h5-6,8,10,13-14H,2-4,7,9,20H2,1H3,(H,21,22,23);1H. The van der Waals surface area contributed by atoms with Crippen LogP contribution in [0.2, 0.25) is 0 Å². The third-order valence-corrected chi connectivity index (χ3v) is 5.40. The van der Waals surface area contributed by atoms with Crippen LogP contribution in [0.15, 0.2) is 24.4 Å². The van der Waals surface area contributed by atoms with Crippen LogP contribution in [0.1, 0.15) is 41.7 Å². The maximum Gasteiger partial charge on any atom is 0.229 e. The van der Waals surface area contributed by atoms with Crippen LogP contribution in [0, 0.1) is 18.7 Å². The predicted octanol–water partition coefficient (Wildman–Crippen LogP) is 4.06. The van der Waals surface area contributed by atoms with E-state index in [4.69, 9.17) is 5.73 Å². The van der Waals surface area contributed by atoms with Crippen molar-refractivity contribution < 1.29 is 9.18 Å². The van der Waals surface area contributed by atoms with Crippen molar-refractivity contribution in [3.63, 3.8) is 0 Å². The lowest BCUT2D eigenvalue weighted by Gasteiger charge is -2.25. The number of hydrogen-bond donors (Lipinski definition) is 2. The summed E-state index contributed by atoms with van der Waals surface area (Å²) in [5, 5.41) is 3.50. The molecule has 1 aromatic heterocycles. The highest BCUT2D eigenvalue weighted by molar-refractivity contribution is 7.15. The zero-order valence-electron chi connectivity index (χ0n) is 14.1. The minimum atomic E-state index is -0.195. The highest BCUT2D eigenvalue weighted by atomic mass is 35.5. The SMILES string of the molecule is Cc1ccc(Cc2cnc(NC(=O)C3CCCC(N)C3)s2)cc1F.Cl. The van der Waals surface area contributed by atoms with Crippen LogP contribution in [-0.2, 0) is 11.2 Å². The molecule has 0 aliphatic heterocycles. The topological polar surface area (TPSA) is 68.0 Å². The Balaban J connectivity index is 0.00000225. The van der Waals surface area contributed by atoms with Gasteiger partial charge in [-0.05, 0) is 43.4 Å². The van der Waals surface area contributed by atoms with Gasteiger partial charge < -0.3 is 11.1 Å². The third-order valence-electron chi connectivity index (χ3n) is 4.48. The van der Waals surface area contributed by atoms with Crippen molar-refractivity contribution in [3.8, 4) is 0 Å². The number of anilines is 1. The number of carbonyl (C=O) groups is 1. The van der Waals surface area contributed by atoms with Crippen molar-refractivity contribution in [2.45, 2.75) is 45.1 Å². The molecular formula is C18H23ClFN3OS. The number of nitrogens with two attached hydrogens (primary N) is 1. The summed E-state index contributed by atoms with van der Waals surface area (Å²) in [6.45, 7) is 1.75. The summed E-state index contributed by atoms with van der Waals surface area (Å²) in [6, 6.07) is 5.37. The number of thiazole rings is 1. The minimum absolute atomic E-state index is 0. The Kier molecular flexibility index (Phi) is 6.93. The molecule has 1 saturated carbocycles. The van der Waals surface area contributed by atoms with Gasteiger partial charge in [-0.25, -0.2) is 9.37 Å². The summed E-state index contributed by atoms with van der Waals surface area (Å²) < 4.78 is 13.6. The molecule has 1 fully saturated rings. The first-order valence-corrected chi connectivity index (χ1v) is 9.09. The van der Waals surface area contributed by atoms with Gasteiger partial charge in [0.1, 0.15) is 5.82 Å². The summed E-state index contributed by atoms with van der Waals surface area (Å²) in [6.07, 6.45) is 5.98. The first-order chi connectivity index (χ1) is 11.5. The minimum Gasteiger partial charge on any atom is -0.328 e. The molecule has 2 aromatic rings. The number of aryl methyl sites for hydroxylation is 1. The molecular weight excluding hydrogens is 361 g/mol. The van der Waals surface area contributed by atoms with Gasteiger partial charge in [0, 0.05) is 29.5 Å². The Morgan fingerprint density at radius 3 is 2.96 bits per heavy atom.